The predicted octanol–water partition coefficient (Wildman–Crippen LogP) is 1.05. The first-order chi connectivity index (χ1) is 13.7. The zero-order valence-corrected chi connectivity index (χ0v) is 17.3. The fourth-order valence-corrected chi connectivity index (χ4v) is 4.34. The standard InChI is InChI=1S/C20H24N2O6S/c1-20(2,3)28-19(26)16-12(9-23)11-29-18-15(17(25)22(16)18)21-14(24)10-27-13-7-5-4-6-8-13/h4-8,15,18,23H,9-11H2,1-3H3,(H,21,24)/t15?,18-/m1/s1. The highest BCUT2D eigenvalue weighted by molar-refractivity contribution is 8.00. The number of nitrogens with zero attached hydrogens (tertiary/aromatic N) is 1. The molecule has 1 aromatic carbocycles. The van der Waals surface area contributed by atoms with Crippen LogP contribution >= 0.6 is 11.8 Å². The van der Waals surface area contributed by atoms with E-state index in [1.165, 1.54) is 16.7 Å². The van der Waals surface area contributed by atoms with Gasteiger partial charge in [-0.25, -0.2) is 4.79 Å². The number of aliphatic hydroxyl groups is 1. The molecule has 3 rings (SSSR count). The van der Waals surface area contributed by atoms with Gasteiger partial charge in [0.1, 0.15) is 28.5 Å². The Bertz CT molecular complexity index is 833. The molecule has 1 unspecified atom stereocenters. The Balaban J connectivity index is 1.65. The van der Waals surface area contributed by atoms with E-state index < -0.39 is 34.8 Å². The fourth-order valence-electron chi connectivity index (χ4n) is 3.00. The molecule has 2 N–H and O–H groups in total. The summed E-state index contributed by atoms with van der Waals surface area (Å²) >= 11 is 1.38. The monoisotopic (exact) mass is 420 g/mol. The van der Waals surface area contributed by atoms with Crippen molar-refractivity contribution in [2.45, 2.75) is 37.8 Å². The minimum absolute atomic E-state index is 0.0715. The third-order valence-electron chi connectivity index (χ3n) is 4.26. The molecule has 156 valence electrons. The van der Waals surface area contributed by atoms with E-state index in [-0.39, 0.29) is 18.9 Å². The Hall–Kier alpha value is -2.52. The SMILES string of the molecule is CC(C)(C)OC(=O)C1=C(CO)CS[C@@H]2C(NC(=O)COc3ccccc3)C(=O)N12. The minimum atomic E-state index is -0.760. The molecular formula is C20H24N2O6S. The number of carbonyl (C=O) groups is 3. The first-order valence-electron chi connectivity index (χ1n) is 9.19. The van der Waals surface area contributed by atoms with Gasteiger partial charge in [0.15, 0.2) is 6.61 Å². The molecule has 1 aromatic rings. The molecule has 2 aliphatic heterocycles. The summed E-state index contributed by atoms with van der Waals surface area (Å²) in [6.45, 7) is 4.62. The highest BCUT2D eigenvalue weighted by atomic mass is 32.2. The van der Waals surface area contributed by atoms with Crippen molar-refractivity contribution in [2.24, 2.45) is 0 Å². The van der Waals surface area contributed by atoms with Crippen LogP contribution in [-0.2, 0) is 19.1 Å². The number of carbonyl (C=O) groups excluding carboxylic acids is 3. The summed E-state index contributed by atoms with van der Waals surface area (Å²) in [4.78, 5) is 38.8. The molecular weight excluding hydrogens is 396 g/mol. The first kappa shape index (κ1) is 21.2. The van der Waals surface area contributed by atoms with Gasteiger partial charge in [-0.15, -0.1) is 11.8 Å². The zero-order valence-electron chi connectivity index (χ0n) is 16.5. The van der Waals surface area contributed by atoms with Crippen molar-refractivity contribution in [2.75, 3.05) is 19.0 Å². The van der Waals surface area contributed by atoms with E-state index in [0.29, 0.717) is 17.1 Å². The van der Waals surface area contributed by atoms with Crippen LogP contribution in [0, 0.1) is 0 Å². The lowest BCUT2D eigenvalue weighted by Gasteiger charge is -2.49. The molecule has 0 aliphatic carbocycles. The second kappa shape index (κ2) is 8.46. The lowest BCUT2D eigenvalue weighted by atomic mass is 10.0. The van der Waals surface area contributed by atoms with Gasteiger partial charge in [-0.3, -0.25) is 14.5 Å². The molecule has 9 heteroatoms. The summed E-state index contributed by atoms with van der Waals surface area (Å²) < 4.78 is 10.8. The fraction of sp³-hybridized carbons (Fsp3) is 0.450. The number of thioether (sulfide) groups is 1. The summed E-state index contributed by atoms with van der Waals surface area (Å²) in [5.41, 5.74) is -0.227. The molecule has 2 atom stereocenters. The van der Waals surface area contributed by atoms with Gasteiger partial charge in [0.2, 0.25) is 0 Å². The van der Waals surface area contributed by atoms with Gasteiger partial charge in [0.05, 0.1) is 6.61 Å². The predicted molar refractivity (Wildman–Crippen MR) is 107 cm³/mol. The Labute approximate surface area is 173 Å². The quantitative estimate of drug-likeness (QED) is 0.524. The van der Waals surface area contributed by atoms with E-state index in [4.69, 9.17) is 9.47 Å². The number of amides is 2. The molecule has 1 saturated heterocycles. The van der Waals surface area contributed by atoms with Gasteiger partial charge in [-0.1, -0.05) is 18.2 Å². The molecule has 29 heavy (non-hydrogen) atoms. The summed E-state index contributed by atoms with van der Waals surface area (Å²) in [6.07, 6.45) is 0. The highest BCUT2D eigenvalue weighted by Gasteiger charge is 2.54. The van der Waals surface area contributed by atoms with E-state index >= 15 is 0 Å². The second-order valence-corrected chi connectivity index (χ2v) is 8.77. The molecule has 0 bridgehead atoms. The third-order valence-corrected chi connectivity index (χ3v) is 5.60. The molecule has 2 heterocycles. The van der Waals surface area contributed by atoms with Crippen molar-refractivity contribution in [1.29, 1.82) is 0 Å². The second-order valence-electron chi connectivity index (χ2n) is 7.67. The van der Waals surface area contributed by atoms with E-state index in [1.807, 2.05) is 6.07 Å². The number of esters is 1. The molecule has 0 radical (unpaired) electrons. The number of benzene rings is 1. The maximum atomic E-state index is 12.7. The van der Waals surface area contributed by atoms with Crippen molar-refractivity contribution in [3.8, 4) is 5.75 Å². The number of aliphatic hydroxyl groups excluding tert-OH is 1. The molecule has 0 saturated carbocycles. The van der Waals surface area contributed by atoms with Gasteiger partial charge in [-0.05, 0) is 38.5 Å². The number of β-lactam (4-membered cyclic amide) rings is 1. The van der Waals surface area contributed by atoms with Crippen LogP contribution in [0.25, 0.3) is 0 Å². The average Bonchev–Trinajstić information content (AvgIpc) is 2.68. The van der Waals surface area contributed by atoms with Crippen LogP contribution < -0.4 is 10.1 Å². The van der Waals surface area contributed by atoms with Crippen LogP contribution in [0.2, 0.25) is 0 Å². The maximum absolute atomic E-state index is 12.7. The molecule has 8 nitrogen and oxygen atoms in total. The van der Waals surface area contributed by atoms with Crippen LogP contribution in [-0.4, -0.2) is 63.8 Å². The van der Waals surface area contributed by atoms with E-state index in [2.05, 4.69) is 5.32 Å². The lowest BCUT2D eigenvalue weighted by molar-refractivity contribution is -0.159. The largest absolute Gasteiger partial charge is 0.484 e. The average molecular weight is 420 g/mol. The normalized spacial score (nSPS) is 21.2. The van der Waals surface area contributed by atoms with Gasteiger partial charge in [-0.2, -0.15) is 0 Å². The first-order valence-corrected chi connectivity index (χ1v) is 10.2. The smallest absolute Gasteiger partial charge is 0.355 e. The van der Waals surface area contributed by atoms with Gasteiger partial charge < -0.3 is 19.9 Å². The Morgan fingerprint density at radius 1 is 1.28 bits per heavy atom. The van der Waals surface area contributed by atoms with Crippen molar-refractivity contribution >= 4 is 29.5 Å². The van der Waals surface area contributed by atoms with Crippen LogP contribution in [0.15, 0.2) is 41.6 Å². The molecule has 1 fully saturated rings. The van der Waals surface area contributed by atoms with Gasteiger partial charge in [0, 0.05) is 5.75 Å². The number of ether oxygens (including phenoxy) is 2. The third kappa shape index (κ3) is 4.73. The number of nitrogens with one attached hydrogen (secondary N) is 1. The van der Waals surface area contributed by atoms with Crippen LogP contribution in [0.5, 0.6) is 5.75 Å². The Morgan fingerprint density at radius 2 is 1.97 bits per heavy atom. The minimum Gasteiger partial charge on any atom is -0.484 e. The summed E-state index contributed by atoms with van der Waals surface area (Å²) in [5, 5.41) is 11.8. The van der Waals surface area contributed by atoms with Crippen molar-refractivity contribution in [3.63, 3.8) is 0 Å². The van der Waals surface area contributed by atoms with Crippen molar-refractivity contribution < 1.29 is 29.0 Å². The summed E-state index contributed by atoms with van der Waals surface area (Å²) in [5.74, 6) is -0.575. The van der Waals surface area contributed by atoms with E-state index in [9.17, 15) is 19.5 Å². The van der Waals surface area contributed by atoms with E-state index in [1.54, 1.807) is 45.0 Å². The number of rotatable bonds is 6. The Morgan fingerprint density at radius 3 is 2.59 bits per heavy atom. The van der Waals surface area contributed by atoms with Gasteiger partial charge >= 0.3 is 5.97 Å². The molecule has 0 spiro atoms. The van der Waals surface area contributed by atoms with Crippen LogP contribution in [0.1, 0.15) is 20.8 Å². The van der Waals surface area contributed by atoms with Crippen molar-refractivity contribution in [1.82, 2.24) is 10.2 Å². The number of hydrogen-bond donors (Lipinski definition) is 2. The van der Waals surface area contributed by atoms with Crippen LogP contribution in [0.4, 0.5) is 0 Å². The van der Waals surface area contributed by atoms with E-state index in [0.717, 1.165) is 0 Å². The molecule has 2 aliphatic rings. The number of fused-ring (bicyclic) bond motifs is 1. The number of para-hydroxylation sites is 1. The van der Waals surface area contributed by atoms with Crippen LogP contribution in [0.3, 0.4) is 0 Å². The van der Waals surface area contributed by atoms with Gasteiger partial charge in [0.25, 0.3) is 11.8 Å². The molecule has 0 aromatic heterocycles. The molecule has 2 amide bonds. The summed E-state index contributed by atoms with van der Waals surface area (Å²) in [7, 11) is 0. The maximum Gasteiger partial charge on any atom is 0.355 e. The topological polar surface area (TPSA) is 105 Å². The number of hydrogen-bond acceptors (Lipinski definition) is 7. The van der Waals surface area contributed by atoms with Crippen molar-refractivity contribution in [3.05, 3.63) is 41.6 Å². The zero-order chi connectivity index (χ0) is 21.2. The highest BCUT2D eigenvalue weighted by Crippen LogP contribution is 2.40. The lowest BCUT2D eigenvalue weighted by Crippen LogP contribution is -2.71. The Kier molecular flexibility index (Phi) is 6.18. The summed E-state index contributed by atoms with van der Waals surface area (Å²) in [6, 6.07) is 8.13.